The maximum atomic E-state index is 5.79. The van der Waals surface area contributed by atoms with Gasteiger partial charge in [-0.3, -0.25) is 5.10 Å². The van der Waals surface area contributed by atoms with Gasteiger partial charge in [0.2, 0.25) is 0 Å². The highest BCUT2D eigenvalue weighted by Crippen LogP contribution is 2.28. The maximum absolute atomic E-state index is 5.79. The van der Waals surface area contributed by atoms with Crippen LogP contribution in [0.25, 0.3) is 11.4 Å². The Morgan fingerprint density at radius 3 is 2.61 bits per heavy atom. The molecule has 0 aliphatic carbocycles. The van der Waals surface area contributed by atoms with E-state index in [1.807, 2.05) is 42.5 Å². The number of nitrogen functional groups attached to an aromatic ring is 1. The highest BCUT2D eigenvalue weighted by Gasteiger charge is 2.09. The van der Waals surface area contributed by atoms with E-state index in [0.29, 0.717) is 29.4 Å². The minimum atomic E-state index is 0.621. The number of aromatic nitrogens is 3. The Morgan fingerprint density at radius 2 is 1.87 bits per heavy atom. The van der Waals surface area contributed by atoms with Crippen LogP contribution in [-0.2, 0) is 6.42 Å². The minimum absolute atomic E-state index is 0.621. The lowest BCUT2D eigenvalue weighted by Gasteiger charge is -2.08. The van der Waals surface area contributed by atoms with Crippen LogP contribution in [-0.4, -0.2) is 29.4 Å². The zero-order valence-electron chi connectivity index (χ0n) is 13.0. The topological polar surface area (TPSA) is 86.0 Å². The molecule has 0 unspecified atom stereocenters. The molecule has 0 aliphatic heterocycles. The van der Waals surface area contributed by atoms with E-state index in [4.69, 9.17) is 15.2 Å². The number of hydrogen-bond donors (Lipinski definition) is 2. The first-order chi connectivity index (χ1) is 11.2. The second-order valence-electron chi connectivity index (χ2n) is 5.10. The molecule has 0 saturated heterocycles. The number of nitrogens with two attached hydrogens (primary N) is 1. The fourth-order valence-electron chi connectivity index (χ4n) is 2.37. The zero-order valence-corrected chi connectivity index (χ0v) is 13.0. The zero-order chi connectivity index (χ0) is 16.2. The summed E-state index contributed by atoms with van der Waals surface area (Å²) in [6.45, 7) is 0. The van der Waals surface area contributed by atoms with Crippen LogP contribution in [0, 0.1) is 0 Å². The number of nitrogens with one attached hydrogen (secondary N) is 1. The minimum Gasteiger partial charge on any atom is -0.493 e. The van der Waals surface area contributed by atoms with Gasteiger partial charge in [-0.05, 0) is 29.8 Å². The lowest BCUT2D eigenvalue weighted by Crippen LogP contribution is -1.95. The highest BCUT2D eigenvalue weighted by atomic mass is 16.5. The van der Waals surface area contributed by atoms with Gasteiger partial charge in [0, 0.05) is 17.7 Å². The maximum Gasteiger partial charge on any atom is 0.181 e. The van der Waals surface area contributed by atoms with Crippen LogP contribution in [0.3, 0.4) is 0 Å². The Bertz CT molecular complexity index is 814. The van der Waals surface area contributed by atoms with Gasteiger partial charge in [0.25, 0.3) is 0 Å². The van der Waals surface area contributed by atoms with Crippen molar-refractivity contribution < 1.29 is 9.47 Å². The fourth-order valence-corrected chi connectivity index (χ4v) is 2.37. The van der Waals surface area contributed by atoms with Crippen molar-refractivity contribution in [1.82, 2.24) is 15.2 Å². The highest BCUT2D eigenvalue weighted by molar-refractivity contribution is 5.60. The molecule has 0 bridgehead atoms. The largest absolute Gasteiger partial charge is 0.493 e. The van der Waals surface area contributed by atoms with Crippen molar-refractivity contribution >= 4 is 5.69 Å². The number of rotatable bonds is 5. The van der Waals surface area contributed by atoms with Crippen molar-refractivity contribution in [3.63, 3.8) is 0 Å². The number of H-pyrrole nitrogens is 1. The quantitative estimate of drug-likeness (QED) is 0.708. The van der Waals surface area contributed by atoms with Gasteiger partial charge in [-0.15, -0.1) is 0 Å². The summed E-state index contributed by atoms with van der Waals surface area (Å²) in [4.78, 5) is 4.52. The van der Waals surface area contributed by atoms with Crippen LogP contribution < -0.4 is 15.2 Å². The van der Waals surface area contributed by atoms with Gasteiger partial charge in [-0.2, -0.15) is 5.10 Å². The molecule has 3 N–H and O–H groups in total. The first-order valence-electron chi connectivity index (χ1n) is 7.17. The predicted octanol–water partition coefficient (Wildman–Crippen LogP) is 2.66. The molecule has 0 spiro atoms. The van der Waals surface area contributed by atoms with E-state index in [-0.39, 0.29) is 0 Å². The van der Waals surface area contributed by atoms with E-state index in [1.165, 1.54) is 0 Å². The first-order valence-corrected chi connectivity index (χ1v) is 7.17. The van der Waals surface area contributed by atoms with Gasteiger partial charge in [0.05, 0.1) is 14.2 Å². The molecule has 0 saturated carbocycles. The summed E-state index contributed by atoms with van der Waals surface area (Å²) in [6, 6.07) is 13.3. The number of methoxy groups -OCH3 is 2. The van der Waals surface area contributed by atoms with Gasteiger partial charge < -0.3 is 15.2 Å². The average Bonchev–Trinajstić information content (AvgIpc) is 3.03. The normalized spacial score (nSPS) is 10.5. The Morgan fingerprint density at radius 1 is 1.04 bits per heavy atom. The molecule has 6 nitrogen and oxygen atoms in total. The van der Waals surface area contributed by atoms with Crippen LogP contribution >= 0.6 is 0 Å². The molecular formula is C17H18N4O2. The number of aromatic amines is 1. The van der Waals surface area contributed by atoms with E-state index in [9.17, 15) is 0 Å². The second kappa shape index (κ2) is 6.39. The summed E-state index contributed by atoms with van der Waals surface area (Å²) in [5, 5.41) is 7.22. The number of anilines is 1. The Balaban J connectivity index is 1.82. The molecule has 2 aromatic carbocycles. The summed E-state index contributed by atoms with van der Waals surface area (Å²) in [5.41, 5.74) is 8.43. The number of benzene rings is 2. The third-order valence-electron chi connectivity index (χ3n) is 3.50. The first kappa shape index (κ1) is 14.9. The van der Waals surface area contributed by atoms with Crippen molar-refractivity contribution in [2.75, 3.05) is 20.0 Å². The van der Waals surface area contributed by atoms with Gasteiger partial charge >= 0.3 is 0 Å². The lowest BCUT2D eigenvalue weighted by molar-refractivity contribution is 0.354. The molecule has 1 heterocycles. The standard InChI is InChI=1S/C17H18N4O2/c1-22-14-7-6-11(8-15(14)23-2)9-16-19-17(21-20-16)12-4-3-5-13(18)10-12/h3-8,10H,9,18H2,1-2H3,(H,19,20,21). The summed E-state index contributed by atoms with van der Waals surface area (Å²) < 4.78 is 10.6. The number of ether oxygens (including phenoxy) is 2. The molecule has 0 radical (unpaired) electrons. The SMILES string of the molecule is COc1ccc(Cc2nc(-c3cccc(N)c3)n[nH]2)cc1OC. The van der Waals surface area contributed by atoms with E-state index < -0.39 is 0 Å². The molecule has 0 fully saturated rings. The monoisotopic (exact) mass is 310 g/mol. The van der Waals surface area contributed by atoms with Crippen LogP contribution in [0.15, 0.2) is 42.5 Å². The summed E-state index contributed by atoms with van der Waals surface area (Å²) >= 11 is 0. The molecule has 0 aliphatic rings. The Hall–Kier alpha value is -3.02. The van der Waals surface area contributed by atoms with Crippen molar-refractivity contribution in [3.8, 4) is 22.9 Å². The van der Waals surface area contributed by atoms with Gasteiger partial charge in [0.15, 0.2) is 17.3 Å². The molecule has 23 heavy (non-hydrogen) atoms. The second-order valence-corrected chi connectivity index (χ2v) is 5.10. The van der Waals surface area contributed by atoms with Gasteiger partial charge in [-0.1, -0.05) is 18.2 Å². The Kier molecular flexibility index (Phi) is 4.14. The van der Waals surface area contributed by atoms with Crippen molar-refractivity contribution in [3.05, 3.63) is 53.9 Å². The van der Waals surface area contributed by atoms with Crippen LogP contribution in [0.4, 0.5) is 5.69 Å². The number of hydrogen-bond acceptors (Lipinski definition) is 5. The molecule has 0 atom stereocenters. The van der Waals surface area contributed by atoms with Gasteiger partial charge in [-0.25, -0.2) is 4.98 Å². The lowest BCUT2D eigenvalue weighted by atomic mass is 10.1. The van der Waals surface area contributed by atoms with E-state index >= 15 is 0 Å². The van der Waals surface area contributed by atoms with E-state index in [2.05, 4.69) is 15.2 Å². The molecular weight excluding hydrogens is 292 g/mol. The smallest absolute Gasteiger partial charge is 0.181 e. The number of nitrogens with zero attached hydrogens (tertiary/aromatic N) is 2. The fraction of sp³-hybridized carbons (Fsp3) is 0.176. The van der Waals surface area contributed by atoms with Crippen LogP contribution in [0.1, 0.15) is 11.4 Å². The third kappa shape index (κ3) is 3.26. The van der Waals surface area contributed by atoms with Crippen LogP contribution in [0.5, 0.6) is 11.5 Å². The predicted molar refractivity (Wildman–Crippen MR) is 88.6 cm³/mol. The molecule has 6 heteroatoms. The molecule has 0 amide bonds. The van der Waals surface area contributed by atoms with Crippen molar-refractivity contribution in [1.29, 1.82) is 0 Å². The molecule has 3 aromatic rings. The average molecular weight is 310 g/mol. The third-order valence-corrected chi connectivity index (χ3v) is 3.50. The van der Waals surface area contributed by atoms with E-state index in [1.54, 1.807) is 14.2 Å². The van der Waals surface area contributed by atoms with Crippen molar-refractivity contribution in [2.45, 2.75) is 6.42 Å². The molecule has 3 rings (SSSR count). The summed E-state index contributed by atoms with van der Waals surface area (Å²) in [5.74, 6) is 2.80. The van der Waals surface area contributed by atoms with Crippen molar-refractivity contribution in [2.24, 2.45) is 0 Å². The summed E-state index contributed by atoms with van der Waals surface area (Å²) in [7, 11) is 3.24. The van der Waals surface area contributed by atoms with E-state index in [0.717, 1.165) is 17.0 Å². The summed E-state index contributed by atoms with van der Waals surface area (Å²) in [6.07, 6.45) is 0.621. The Labute approximate surface area is 134 Å². The van der Waals surface area contributed by atoms with Gasteiger partial charge in [0.1, 0.15) is 5.82 Å². The molecule has 118 valence electrons. The van der Waals surface area contributed by atoms with Crippen LogP contribution in [0.2, 0.25) is 0 Å². The molecule has 1 aromatic heterocycles.